The Morgan fingerprint density at radius 2 is 1.93 bits per heavy atom. The van der Waals surface area contributed by atoms with E-state index in [4.69, 9.17) is 0 Å². The largest absolute Gasteiger partial charge is 0.339 e. The predicted molar refractivity (Wildman–Crippen MR) is 105 cm³/mol. The van der Waals surface area contributed by atoms with E-state index in [-0.39, 0.29) is 23.6 Å². The van der Waals surface area contributed by atoms with Crippen molar-refractivity contribution in [2.24, 2.45) is 0 Å². The highest BCUT2D eigenvalue weighted by Gasteiger charge is 2.25. The first kappa shape index (κ1) is 18.6. The molecule has 2 fully saturated rings. The highest BCUT2D eigenvalue weighted by atomic mass is 16.2. The number of hydrogen-bond donors (Lipinski definition) is 2. The topological polar surface area (TPSA) is 92.1 Å². The Balaban J connectivity index is 1.52. The van der Waals surface area contributed by atoms with Crippen molar-refractivity contribution >= 4 is 17.5 Å². The number of amides is 2. The zero-order valence-electron chi connectivity index (χ0n) is 16.1. The van der Waals surface area contributed by atoms with E-state index in [1.165, 1.54) is 0 Å². The van der Waals surface area contributed by atoms with Gasteiger partial charge in [-0.2, -0.15) is 0 Å². The molecular formula is C20H26N6O2. The van der Waals surface area contributed by atoms with Crippen molar-refractivity contribution in [3.8, 4) is 0 Å². The Morgan fingerprint density at radius 1 is 1.18 bits per heavy atom. The van der Waals surface area contributed by atoms with Gasteiger partial charge in [-0.15, -0.1) is 5.10 Å². The minimum absolute atomic E-state index is 0.0238. The molecule has 1 aromatic carbocycles. The molecule has 28 heavy (non-hydrogen) atoms. The van der Waals surface area contributed by atoms with Gasteiger partial charge in [0.05, 0.1) is 23.5 Å². The van der Waals surface area contributed by atoms with Crippen molar-refractivity contribution in [1.29, 1.82) is 0 Å². The molecule has 0 bridgehead atoms. The normalized spacial score (nSPS) is 17.7. The van der Waals surface area contributed by atoms with Crippen LogP contribution in [-0.4, -0.2) is 57.9 Å². The lowest BCUT2D eigenvalue weighted by Crippen LogP contribution is -2.29. The quantitative estimate of drug-likeness (QED) is 0.844. The minimum Gasteiger partial charge on any atom is -0.339 e. The molecule has 3 heterocycles. The fraction of sp³-hybridized carbons (Fsp3) is 0.500. The van der Waals surface area contributed by atoms with Gasteiger partial charge in [0.25, 0.3) is 11.8 Å². The van der Waals surface area contributed by atoms with E-state index in [1.54, 1.807) is 16.9 Å². The Labute approximate surface area is 164 Å². The van der Waals surface area contributed by atoms with Gasteiger partial charge in [0.15, 0.2) is 5.69 Å². The Morgan fingerprint density at radius 3 is 2.68 bits per heavy atom. The van der Waals surface area contributed by atoms with E-state index >= 15 is 0 Å². The number of rotatable bonds is 4. The highest BCUT2D eigenvalue weighted by Crippen LogP contribution is 2.24. The van der Waals surface area contributed by atoms with Crippen molar-refractivity contribution in [2.75, 3.05) is 31.5 Å². The summed E-state index contributed by atoms with van der Waals surface area (Å²) in [5, 5.41) is 14.4. The minimum atomic E-state index is -0.346. The molecule has 8 nitrogen and oxygen atoms in total. The summed E-state index contributed by atoms with van der Waals surface area (Å²) in [6.07, 6.45) is 5.69. The van der Waals surface area contributed by atoms with E-state index in [9.17, 15) is 9.59 Å². The lowest BCUT2D eigenvalue weighted by Gasteiger charge is -2.22. The van der Waals surface area contributed by atoms with Crippen molar-refractivity contribution in [2.45, 2.75) is 38.6 Å². The zero-order chi connectivity index (χ0) is 19.5. The summed E-state index contributed by atoms with van der Waals surface area (Å²) >= 11 is 0. The van der Waals surface area contributed by atoms with Crippen molar-refractivity contribution in [3.63, 3.8) is 0 Å². The fourth-order valence-electron chi connectivity index (χ4n) is 3.95. The number of hydrogen-bond acceptors (Lipinski definition) is 5. The number of aryl methyl sites for hydroxylation is 1. The second kappa shape index (κ2) is 8.10. The maximum Gasteiger partial charge on any atom is 0.277 e. The van der Waals surface area contributed by atoms with Gasteiger partial charge in [-0.3, -0.25) is 9.59 Å². The summed E-state index contributed by atoms with van der Waals surface area (Å²) in [7, 11) is 0. The van der Waals surface area contributed by atoms with Gasteiger partial charge in [0.2, 0.25) is 0 Å². The number of nitrogens with one attached hydrogen (secondary N) is 2. The van der Waals surface area contributed by atoms with Gasteiger partial charge in [-0.1, -0.05) is 17.3 Å². The molecule has 4 rings (SSSR count). The van der Waals surface area contributed by atoms with Crippen molar-refractivity contribution in [1.82, 2.24) is 25.2 Å². The molecule has 0 spiro atoms. The monoisotopic (exact) mass is 382 g/mol. The van der Waals surface area contributed by atoms with Crippen LogP contribution in [0.3, 0.4) is 0 Å². The summed E-state index contributed by atoms with van der Waals surface area (Å²) in [5.41, 5.74) is 2.20. The molecule has 2 aliphatic rings. The average Bonchev–Trinajstić information content (AvgIpc) is 3.41. The van der Waals surface area contributed by atoms with Crippen LogP contribution in [0.25, 0.3) is 0 Å². The number of carbonyl (C=O) groups is 2. The number of benzene rings is 1. The van der Waals surface area contributed by atoms with E-state index in [1.807, 2.05) is 24.0 Å². The van der Waals surface area contributed by atoms with E-state index < -0.39 is 0 Å². The molecule has 0 saturated carbocycles. The second-order valence-corrected chi connectivity index (χ2v) is 7.52. The molecule has 0 atom stereocenters. The average molecular weight is 382 g/mol. The lowest BCUT2D eigenvalue weighted by atomic mass is 10.0. The summed E-state index contributed by atoms with van der Waals surface area (Å²) in [5.74, 6) is -0.370. The van der Waals surface area contributed by atoms with E-state index in [0.29, 0.717) is 11.3 Å². The van der Waals surface area contributed by atoms with Gasteiger partial charge in [0.1, 0.15) is 0 Å². The maximum atomic E-state index is 13.0. The van der Waals surface area contributed by atoms with Crippen LogP contribution in [0.5, 0.6) is 0 Å². The molecule has 2 amide bonds. The summed E-state index contributed by atoms with van der Waals surface area (Å²) in [4.78, 5) is 27.6. The van der Waals surface area contributed by atoms with Crippen LogP contribution < -0.4 is 10.6 Å². The van der Waals surface area contributed by atoms with Crippen LogP contribution >= 0.6 is 0 Å². The number of aromatic nitrogens is 3. The fourth-order valence-corrected chi connectivity index (χ4v) is 3.95. The van der Waals surface area contributed by atoms with Crippen molar-refractivity contribution < 1.29 is 9.59 Å². The molecular weight excluding hydrogens is 356 g/mol. The number of carbonyl (C=O) groups excluding carboxylic acids is 2. The molecule has 148 valence electrons. The van der Waals surface area contributed by atoms with Gasteiger partial charge < -0.3 is 15.5 Å². The van der Waals surface area contributed by atoms with Crippen LogP contribution in [0.4, 0.5) is 5.69 Å². The molecule has 2 aliphatic heterocycles. The molecule has 8 heteroatoms. The smallest absolute Gasteiger partial charge is 0.277 e. The SMILES string of the molecule is Cc1cccc(NC(=O)c2cn(C3CCNCC3)nn2)c1C(=O)N1CCCC1. The van der Waals surface area contributed by atoms with Crippen LogP contribution in [0, 0.1) is 6.92 Å². The third-order valence-electron chi connectivity index (χ3n) is 5.55. The summed E-state index contributed by atoms with van der Waals surface area (Å²) in [6.45, 7) is 5.32. The lowest BCUT2D eigenvalue weighted by molar-refractivity contribution is 0.0793. The number of piperidine rings is 1. The summed E-state index contributed by atoms with van der Waals surface area (Å²) in [6, 6.07) is 5.77. The maximum absolute atomic E-state index is 13.0. The first-order chi connectivity index (χ1) is 13.6. The van der Waals surface area contributed by atoms with E-state index in [0.717, 1.165) is 57.4 Å². The predicted octanol–water partition coefficient (Wildman–Crippen LogP) is 2.00. The molecule has 2 N–H and O–H groups in total. The third kappa shape index (κ3) is 3.77. The first-order valence-electron chi connectivity index (χ1n) is 9.96. The number of nitrogens with zero attached hydrogens (tertiary/aromatic N) is 4. The molecule has 0 aliphatic carbocycles. The highest BCUT2D eigenvalue weighted by molar-refractivity contribution is 6.08. The summed E-state index contributed by atoms with van der Waals surface area (Å²) < 4.78 is 1.78. The Hall–Kier alpha value is -2.74. The molecule has 0 unspecified atom stereocenters. The molecule has 2 saturated heterocycles. The molecule has 0 radical (unpaired) electrons. The van der Waals surface area contributed by atoms with Gasteiger partial charge in [-0.25, -0.2) is 4.68 Å². The number of likely N-dealkylation sites (tertiary alicyclic amines) is 1. The third-order valence-corrected chi connectivity index (χ3v) is 5.55. The number of anilines is 1. The van der Waals surface area contributed by atoms with Crippen LogP contribution in [0.1, 0.15) is 58.1 Å². The first-order valence-corrected chi connectivity index (χ1v) is 9.96. The van der Waals surface area contributed by atoms with E-state index in [2.05, 4.69) is 20.9 Å². The Kier molecular flexibility index (Phi) is 5.38. The molecule has 2 aromatic rings. The van der Waals surface area contributed by atoms with Crippen LogP contribution in [0.15, 0.2) is 24.4 Å². The zero-order valence-corrected chi connectivity index (χ0v) is 16.1. The van der Waals surface area contributed by atoms with Gasteiger partial charge >= 0.3 is 0 Å². The Bertz CT molecular complexity index is 865. The standard InChI is InChI=1S/C20H26N6O2/c1-14-5-4-6-16(18(14)20(28)25-11-2-3-12-25)22-19(27)17-13-26(24-23-17)15-7-9-21-10-8-15/h4-6,13,15,21H,2-3,7-12H2,1H3,(H,22,27). The molecule has 1 aromatic heterocycles. The van der Waals surface area contributed by atoms with Crippen LogP contribution in [-0.2, 0) is 0 Å². The second-order valence-electron chi connectivity index (χ2n) is 7.52. The van der Waals surface area contributed by atoms with Crippen molar-refractivity contribution in [3.05, 3.63) is 41.2 Å². The van der Waals surface area contributed by atoms with Gasteiger partial charge in [0, 0.05) is 13.1 Å². The van der Waals surface area contributed by atoms with Crippen LogP contribution in [0.2, 0.25) is 0 Å². The van der Waals surface area contributed by atoms with Gasteiger partial charge in [-0.05, 0) is 57.3 Å².